The van der Waals surface area contributed by atoms with Crippen molar-refractivity contribution in [3.63, 3.8) is 0 Å². The first-order valence-corrected chi connectivity index (χ1v) is 8.33. The fourth-order valence-corrected chi connectivity index (χ4v) is 2.95. The van der Waals surface area contributed by atoms with Gasteiger partial charge in [-0.25, -0.2) is 9.37 Å². The molecule has 2 heterocycles. The van der Waals surface area contributed by atoms with E-state index in [-0.39, 0.29) is 24.7 Å². The number of pyridine rings is 1. The molecule has 2 unspecified atom stereocenters. The number of aliphatic hydroxyl groups is 1. The van der Waals surface area contributed by atoms with E-state index in [1.807, 2.05) is 0 Å². The van der Waals surface area contributed by atoms with Crippen LogP contribution in [0.5, 0.6) is 5.75 Å². The second kappa shape index (κ2) is 7.05. The monoisotopic (exact) mass is 399 g/mol. The van der Waals surface area contributed by atoms with Gasteiger partial charge in [0.1, 0.15) is 30.5 Å². The van der Waals surface area contributed by atoms with Gasteiger partial charge in [0.2, 0.25) is 0 Å². The molecule has 150 valence electrons. The van der Waals surface area contributed by atoms with Crippen LogP contribution in [0.15, 0.2) is 30.3 Å². The molecule has 1 aromatic heterocycles. The Bertz CT molecular complexity index is 898. The van der Waals surface area contributed by atoms with Crippen molar-refractivity contribution < 1.29 is 36.9 Å². The number of ether oxygens (including phenoxy) is 2. The Morgan fingerprint density at radius 1 is 1.36 bits per heavy atom. The Morgan fingerprint density at radius 2 is 2.00 bits per heavy atom. The number of esters is 1. The summed E-state index contributed by atoms with van der Waals surface area (Å²) in [5.41, 5.74) is -0.863. The van der Waals surface area contributed by atoms with Crippen molar-refractivity contribution in [3.05, 3.63) is 47.4 Å². The number of carbonyl (C=O) groups excluding carboxylic acids is 1. The first-order valence-electron chi connectivity index (χ1n) is 8.33. The lowest BCUT2D eigenvalue weighted by molar-refractivity contribution is -0.207. The van der Waals surface area contributed by atoms with Crippen LogP contribution in [0.4, 0.5) is 17.6 Å². The molecule has 0 bridgehead atoms. The Hall–Kier alpha value is -2.68. The predicted octanol–water partition coefficient (Wildman–Crippen LogP) is 3.70. The minimum absolute atomic E-state index is 0.0387. The Balaban J connectivity index is 2.16. The second-order valence-corrected chi connectivity index (χ2v) is 6.85. The summed E-state index contributed by atoms with van der Waals surface area (Å²) < 4.78 is 63.2. The molecule has 2 atom stereocenters. The summed E-state index contributed by atoms with van der Waals surface area (Å²) >= 11 is 0. The zero-order valence-electron chi connectivity index (χ0n) is 15.0. The van der Waals surface area contributed by atoms with Gasteiger partial charge in [-0.1, -0.05) is 0 Å². The van der Waals surface area contributed by atoms with E-state index in [1.165, 1.54) is 19.1 Å². The molecule has 9 heteroatoms. The van der Waals surface area contributed by atoms with Gasteiger partial charge in [-0.3, -0.25) is 4.79 Å². The number of carbonyl (C=O) groups is 1. The van der Waals surface area contributed by atoms with Crippen LogP contribution < -0.4 is 4.74 Å². The van der Waals surface area contributed by atoms with Crippen LogP contribution in [-0.2, 0) is 14.9 Å². The van der Waals surface area contributed by atoms with Crippen molar-refractivity contribution in [1.82, 2.24) is 4.98 Å². The zero-order valence-corrected chi connectivity index (χ0v) is 15.0. The summed E-state index contributed by atoms with van der Waals surface area (Å²) in [6.07, 6.45) is -7.73. The molecule has 5 nitrogen and oxygen atoms in total. The summed E-state index contributed by atoms with van der Waals surface area (Å²) in [5, 5.41) is 9.72. The van der Waals surface area contributed by atoms with Crippen molar-refractivity contribution >= 4 is 5.97 Å². The molecule has 1 aromatic carbocycles. The van der Waals surface area contributed by atoms with Gasteiger partial charge in [0, 0.05) is 18.1 Å². The topological polar surface area (TPSA) is 68.7 Å². The number of aromatic nitrogens is 1. The van der Waals surface area contributed by atoms with Gasteiger partial charge in [0.15, 0.2) is 6.10 Å². The standard InChI is InChI=1S/C19H17F4NO4/c1-10(25)27-8-18(2)9-28-16-13(18)7-14(17(26)19(21,22)23)24-15(16)11-3-5-12(20)6-4-11/h3-7,17,26H,8-9H2,1-2H3. The summed E-state index contributed by atoms with van der Waals surface area (Å²) in [5.74, 6) is -0.857. The fraction of sp³-hybridized carbons (Fsp3) is 0.368. The number of nitrogens with zero attached hydrogens (tertiary/aromatic N) is 1. The summed E-state index contributed by atoms with van der Waals surface area (Å²) in [6.45, 7) is 2.80. The number of alkyl halides is 3. The maximum atomic E-state index is 13.3. The number of rotatable bonds is 4. The van der Waals surface area contributed by atoms with E-state index >= 15 is 0 Å². The van der Waals surface area contributed by atoms with E-state index in [4.69, 9.17) is 9.47 Å². The highest BCUT2D eigenvalue weighted by molar-refractivity contribution is 5.71. The molecule has 1 aliphatic rings. The van der Waals surface area contributed by atoms with Crippen LogP contribution >= 0.6 is 0 Å². The average Bonchev–Trinajstić information content (AvgIpc) is 2.96. The molecule has 0 aliphatic carbocycles. The lowest BCUT2D eigenvalue weighted by Crippen LogP contribution is -2.31. The van der Waals surface area contributed by atoms with Crippen LogP contribution in [0.3, 0.4) is 0 Å². The molecule has 0 fully saturated rings. The van der Waals surface area contributed by atoms with E-state index in [2.05, 4.69) is 4.98 Å². The van der Waals surface area contributed by atoms with Crippen molar-refractivity contribution in [2.24, 2.45) is 0 Å². The number of fused-ring (bicyclic) bond motifs is 1. The third kappa shape index (κ3) is 3.80. The van der Waals surface area contributed by atoms with Gasteiger partial charge in [-0.15, -0.1) is 0 Å². The number of benzene rings is 1. The molecule has 0 amide bonds. The van der Waals surface area contributed by atoms with Crippen LogP contribution in [0.2, 0.25) is 0 Å². The predicted molar refractivity (Wildman–Crippen MR) is 90.1 cm³/mol. The highest BCUT2D eigenvalue weighted by Crippen LogP contribution is 2.46. The minimum atomic E-state index is -4.92. The third-order valence-electron chi connectivity index (χ3n) is 4.48. The Morgan fingerprint density at radius 3 is 2.57 bits per heavy atom. The number of aliphatic hydroxyl groups excluding tert-OH is 1. The van der Waals surface area contributed by atoms with Crippen LogP contribution in [0.25, 0.3) is 11.3 Å². The quantitative estimate of drug-likeness (QED) is 0.627. The lowest BCUT2D eigenvalue weighted by atomic mass is 9.84. The molecule has 1 aliphatic heterocycles. The number of hydrogen-bond acceptors (Lipinski definition) is 5. The first-order chi connectivity index (χ1) is 13.0. The summed E-state index contributed by atoms with van der Waals surface area (Å²) in [4.78, 5) is 15.1. The molecule has 0 saturated heterocycles. The lowest BCUT2D eigenvalue weighted by Gasteiger charge is -2.23. The SMILES string of the molecule is CC(=O)OCC1(C)COc2c1cc(C(O)C(F)(F)F)nc2-c1ccc(F)cc1. The molecule has 1 N–H and O–H groups in total. The van der Waals surface area contributed by atoms with Crippen LogP contribution in [0, 0.1) is 5.82 Å². The van der Waals surface area contributed by atoms with Crippen molar-refractivity contribution in [1.29, 1.82) is 0 Å². The van der Waals surface area contributed by atoms with Gasteiger partial charge in [-0.05, 0) is 37.3 Å². The van der Waals surface area contributed by atoms with Gasteiger partial charge in [-0.2, -0.15) is 13.2 Å². The largest absolute Gasteiger partial charge is 0.490 e. The maximum absolute atomic E-state index is 13.3. The maximum Gasteiger partial charge on any atom is 0.420 e. The highest BCUT2D eigenvalue weighted by Gasteiger charge is 2.44. The highest BCUT2D eigenvalue weighted by atomic mass is 19.4. The molecular weight excluding hydrogens is 382 g/mol. The average molecular weight is 399 g/mol. The minimum Gasteiger partial charge on any atom is -0.490 e. The Labute approximate surface area is 157 Å². The number of hydrogen-bond donors (Lipinski definition) is 1. The van der Waals surface area contributed by atoms with Gasteiger partial charge < -0.3 is 14.6 Å². The molecule has 0 saturated carbocycles. The molecule has 0 spiro atoms. The summed E-state index contributed by atoms with van der Waals surface area (Å²) in [7, 11) is 0. The van der Waals surface area contributed by atoms with Gasteiger partial charge >= 0.3 is 12.1 Å². The normalized spacial score (nSPS) is 19.7. The Kier molecular flexibility index (Phi) is 5.05. The van der Waals surface area contributed by atoms with Crippen molar-refractivity contribution in [2.45, 2.75) is 31.5 Å². The van der Waals surface area contributed by atoms with Gasteiger partial charge in [0.05, 0.1) is 11.1 Å². The first kappa shape index (κ1) is 20.1. The second-order valence-electron chi connectivity index (χ2n) is 6.85. The van der Waals surface area contributed by atoms with E-state index in [9.17, 15) is 27.5 Å². The molecule has 2 aromatic rings. The number of halogens is 4. The molecule has 0 radical (unpaired) electrons. The fourth-order valence-electron chi connectivity index (χ4n) is 2.95. The van der Waals surface area contributed by atoms with E-state index in [0.29, 0.717) is 11.1 Å². The van der Waals surface area contributed by atoms with E-state index in [0.717, 1.165) is 18.2 Å². The van der Waals surface area contributed by atoms with E-state index < -0.39 is 35.2 Å². The van der Waals surface area contributed by atoms with E-state index in [1.54, 1.807) is 6.92 Å². The van der Waals surface area contributed by atoms with Crippen LogP contribution in [-0.4, -0.2) is 35.4 Å². The third-order valence-corrected chi connectivity index (χ3v) is 4.48. The molecule has 28 heavy (non-hydrogen) atoms. The molecule has 3 rings (SSSR count). The zero-order chi connectivity index (χ0) is 20.7. The van der Waals surface area contributed by atoms with Gasteiger partial charge in [0.25, 0.3) is 0 Å². The van der Waals surface area contributed by atoms with Crippen molar-refractivity contribution in [3.8, 4) is 17.0 Å². The van der Waals surface area contributed by atoms with Crippen molar-refractivity contribution in [2.75, 3.05) is 13.2 Å². The van der Waals surface area contributed by atoms with Crippen LogP contribution in [0.1, 0.15) is 31.2 Å². The summed E-state index contributed by atoms with van der Waals surface area (Å²) in [6, 6.07) is 6.10. The molecular formula is C19H17F4NO4. The smallest absolute Gasteiger partial charge is 0.420 e.